The van der Waals surface area contributed by atoms with Crippen LogP contribution < -0.4 is 10.5 Å². The molecular weight excluding hydrogens is 308 g/mol. The molecule has 0 radical (unpaired) electrons. The van der Waals surface area contributed by atoms with Crippen LogP contribution in [-0.4, -0.2) is 63.6 Å². The number of rotatable bonds is 5. The van der Waals surface area contributed by atoms with Crippen LogP contribution in [0.25, 0.3) is 0 Å². The maximum atomic E-state index is 12.2. The first kappa shape index (κ1) is 16.7. The standard InChI is InChI=1S/C16H24N6O2/c1-19-7-6-17-15(16(19)23)20(2)11-14-12-22(8-9-24-14)10-13-4-5-18-21(13)3/h4-7,14H,8-12H2,1-3H3. The molecule has 0 spiro atoms. The molecule has 1 aliphatic heterocycles. The average Bonchev–Trinajstić information content (AvgIpc) is 2.95. The van der Waals surface area contributed by atoms with Gasteiger partial charge in [-0.1, -0.05) is 0 Å². The molecule has 0 bridgehead atoms. The minimum atomic E-state index is -0.0949. The third-order valence-electron chi connectivity index (χ3n) is 4.37. The molecule has 2 aromatic heterocycles. The number of aromatic nitrogens is 4. The van der Waals surface area contributed by atoms with Crippen LogP contribution in [0.15, 0.2) is 29.5 Å². The van der Waals surface area contributed by atoms with Gasteiger partial charge in [0.1, 0.15) is 0 Å². The fraction of sp³-hybridized carbons (Fsp3) is 0.562. The van der Waals surface area contributed by atoms with Crippen molar-refractivity contribution in [1.82, 2.24) is 24.2 Å². The predicted octanol–water partition coefficient (Wildman–Crippen LogP) is -0.149. The van der Waals surface area contributed by atoms with Gasteiger partial charge in [0.2, 0.25) is 0 Å². The molecule has 1 atom stereocenters. The molecule has 3 heterocycles. The summed E-state index contributed by atoms with van der Waals surface area (Å²) in [5.41, 5.74) is 1.09. The molecule has 8 heteroatoms. The summed E-state index contributed by atoms with van der Waals surface area (Å²) in [4.78, 5) is 20.6. The molecule has 8 nitrogen and oxygen atoms in total. The van der Waals surface area contributed by atoms with Crippen molar-refractivity contribution in [2.24, 2.45) is 14.1 Å². The summed E-state index contributed by atoms with van der Waals surface area (Å²) >= 11 is 0. The van der Waals surface area contributed by atoms with Crippen LogP contribution in [-0.2, 0) is 25.4 Å². The normalized spacial score (nSPS) is 18.7. The van der Waals surface area contributed by atoms with Gasteiger partial charge < -0.3 is 14.2 Å². The largest absolute Gasteiger partial charge is 0.374 e. The Balaban J connectivity index is 1.62. The summed E-state index contributed by atoms with van der Waals surface area (Å²) in [6.07, 6.45) is 5.16. The Morgan fingerprint density at radius 2 is 2.21 bits per heavy atom. The lowest BCUT2D eigenvalue weighted by atomic mass is 10.2. The second kappa shape index (κ2) is 7.14. The molecule has 3 rings (SSSR count). The first-order valence-corrected chi connectivity index (χ1v) is 8.08. The number of aryl methyl sites for hydroxylation is 2. The van der Waals surface area contributed by atoms with Crippen molar-refractivity contribution >= 4 is 5.82 Å². The SMILES string of the molecule is CN(CC1CN(Cc2ccnn2C)CCO1)c1nccn(C)c1=O. The van der Waals surface area contributed by atoms with Gasteiger partial charge in [0.05, 0.1) is 18.4 Å². The van der Waals surface area contributed by atoms with Crippen molar-refractivity contribution < 1.29 is 4.74 Å². The molecule has 1 saturated heterocycles. The van der Waals surface area contributed by atoms with Crippen LogP contribution in [0, 0.1) is 0 Å². The minimum Gasteiger partial charge on any atom is -0.374 e. The van der Waals surface area contributed by atoms with E-state index in [1.165, 1.54) is 10.3 Å². The Bertz CT molecular complexity index is 740. The van der Waals surface area contributed by atoms with Crippen molar-refractivity contribution in [3.05, 3.63) is 40.7 Å². The van der Waals surface area contributed by atoms with Crippen molar-refractivity contribution in [1.29, 1.82) is 0 Å². The number of morpholine rings is 1. The van der Waals surface area contributed by atoms with Gasteiger partial charge in [0.15, 0.2) is 5.82 Å². The fourth-order valence-electron chi connectivity index (χ4n) is 2.96. The third-order valence-corrected chi connectivity index (χ3v) is 4.37. The zero-order valence-corrected chi connectivity index (χ0v) is 14.4. The van der Waals surface area contributed by atoms with Gasteiger partial charge in [-0.2, -0.15) is 5.10 Å². The van der Waals surface area contributed by atoms with Gasteiger partial charge in [-0.05, 0) is 6.07 Å². The maximum absolute atomic E-state index is 12.2. The minimum absolute atomic E-state index is 0.0451. The van der Waals surface area contributed by atoms with Crippen LogP contribution in [0.2, 0.25) is 0 Å². The highest BCUT2D eigenvalue weighted by Gasteiger charge is 2.23. The summed E-state index contributed by atoms with van der Waals surface area (Å²) in [6, 6.07) is 2.04. The molecule has 1 unspecified atom stereocenters. The van der Waals surface area contributed by atoms with Gasteiger partial charge in [0.25, 0.3) is 5.56 Å². The topological polar surface area (TPSA) is 68.4 Å². The van der Waals surface area contributed by atoms with E-state index in [-0.39, 0.29) is 11.7 Å². The molecule has 0 N–H and O–H groups in total. The number of nitrogens with zero attached hydrogens (tertiary/aromatic N) is 6. The lowest BCUT2D eigenvalue weighted by molar-refractivity contribution is -0.0271. The molecule has 130 valence electrons. The summed E-state index contributed by atoms with van der Waals surface area (Å²) < 4.78 is 9.31. The Morgan fingerprint density at radius 1 is 1.38 bits per heavy atom. The van der Waals surface area contributed by atoms with Crippen LogP contribution >= 0.6 is 0 Å². The fourth-order valence-corrected chi connectivity index (χ4v) is 2.96. The van der Waals surface area contributed by atoms with E-state index < -0.39 is 0 Å². The molecule has 0 aromatic carbocycles. The van der Waals surface area contributed by atoms with E-state index in [0.717, 1.165) is 19.6 Å². The quantitative estimate of drug-likeness (QED) is 0.759. The summed E-state index contributed by atoms with van der Waals surface area (Å²) in [7, 11) is 5.57. The number of ether oxygens (including phenoxy) is 1. The first-order valence-electron chi connectivity index (χ1n) is 8.08. The van der Waals surface area contributed by atoms with E-state index in [0.29, 0.717) is 19.0 Å². The highest BCUT2D eigenvalue weighted by Crippen LogP contribution is 2.12. The van der Waals surface area contributed by atoms with E-state index in [9.17, 15) is 4.79 Å². The Kier molecular flexibility index (Phi) is 4.96. The molecule has 2 aromatic rings. The Morgan fingerprint density at radius 3 is 2.96 bits per heavy atom. The smallest absolute Gasteiger partial charge is 0.293 e. The monoisotopic (exact) mass is 332 g/mol. The first-order chi connectivity index (χ1) is 11.5. The molecule has 1 fully saturated rings. The lowest BCUT2D eigenvalue weighted by Crippen LogP contribution is -2.47. The molecular formula is C16H24N6O2. The highest BCUT2D eigenvalue weighted by atomic mass is 16.5. The molecule has 0 saturated carbocycles. The van der Waals surface area contributed by atoms with Crippen molar-refractivity contribution in [3.63, 3.8) is 0 Å². The molecule has 24 heavy (non-hydrogen) atoms. The zero-order valence-electron chi connectivity index (χ0n) is 14.4. The summed E-state index contributed by atoms with van der Waals surface area (Å²) in [5.74, 6) is 0.451. The number of anilines is 1. The van der Waals surface area contributed by atoms with E-state index in [4.69, 9.17) is 4.74 Å². The predicted molar refractivity (Wildman–Crippen MR) is 91.0 cm³/mol. The molecule has 0 aliphatic carbocycles. The van der Waals surface area contributed by atoms with E-state index in [1.54, 1.807) is 19.4 Å². The maximum Gasteiger partial charge on any atom is 0.293 e. The van der Waals surface area contributed by atoms with Gasteiger partial charge in [0, 0.05) is 65.9 Å². The third kappa shape index (κ3) is 3.65. The second-order valence-electron chi connectivity index (χ2n) is 6.22. The van der Waals surface area contributed by atoms with Crippen molar-refractivity contribution in [2.75, 3.05) is 38.2 Å². The summed E-state index contributed by atoms with van der Waals surface area (Å²) in [5, 5.41) is 4.21. The number of likely N-dealkylation sites (N-methyl/N-ethyl adjacent to an activating group) is 1. The van der Waals surface area contributed by atoms with E-state index in [2.05, 4.69) is 15.0 Å². The van der Waals surface area contributed by atoms with Gasteiger partial charge in [-0.15, -0.1) is 0 Å². The van der Waals surface area contributed by atoms with E-state index in [1.807, 2.05) is 35.9 Å². The van der Waals surface area contributed by atoms with Crippen LogP contribution in [0.4, 0.5) is 5.82 Å². The Labute approximate surface area is 141 Å². The average molecular weight is 332 g/mol. The lowest BCUT2D eigenvalue weighted by Gasteiger charge is -2.34. The van der Waals surface area contributed by atoms with Gasteiger partial charge in [-0.3, -0.25) is 14.4 Å². The second-order valence-corrected chi connectivity index (χ2v) is 6.22. The zero-order chi connectivity index (χ0) is 17.1. The van der Waals surface area contributed by atoms with Gasteiger partial charge in [-0.25, -0.2) is 4.98 Å². The van der Waals surface area contributed by atoms with Crippen molar-refractivity contribution in [2.45, 2.75) is 12.6 Å². The molecule has 0 amide bonds. The van der Waals surface area contributed by atoms with Crippen LogP contribution in [0.3, 0.4) is 0 Å². The van der Waals surface area contributed by atoms with E-state index >= 15 is 0 Å². The van der Waals surface area contributed by atoms with Gasteiger partial charge >= 0.3 is 0 Å². The van der Waals surface area contributed by atoms with Crippen LogP contribution in [0.5, 0.6) is 0 Å². The Hall–Kier alpha value is -2.19. The number of hydrogen-bond acceptors (Lipinski definition) is 6. The van der Waals surface area contributed by atoms with Crippen molar-refractivity contribution in [3.8, 4) is 0 Å². The summed E-state index contributed by atoms with van der Waals surface area (Å²) in [6.45, 7) is 3.90. The van der Waals surface area contributed by atoms with Crippen LogP contribution in [0.1, 0.15) is 5.69 Å². The highest BCUT2D eigenvalue weighted by molar-refractivity contribution is 5.34. The number of hydrogen-bond donors (Lipinski definition) is 0. The molecule has 1 aliphatic rings.